The summed E-state index contributed by atoms with van der Waals surface area (Å²) in [5.74, 6) is -1.19. The summed E-state index contributed by atoms with van der Waals surface area (Å²) in [6, 6.07) is 2.48. The average Bonchev–Trinajstić information content (AvgIpc) is 2.41. The van der Waals surface area contributed by atoms with Gasteiger partial charge >= 0.3 is 7.12 Å². The van der Waals surface area contributed by atoms with Crippen molar-refractivity contribution in [1.29, 1.82) is 0 Å². The van der Waals surface area contributed by atoms with E-state index in [0.717, 1.165) is 0 Å². The van der Waals surface area contributed by atoms with Gasteiger partial charge in [-0.1, -0.05) is 15.9 Å². The van der Waals surface area contributed by atoms with Gasteiger partial charge in [-0.2, -0.15) is 0 Å². The Kier molecular flexibility index (Phi) is 3.80. The lowest BCUT2D eigenvalue weighted by Gasteiger charge is -2.32. The fourth-order valence-electron chi connectivity index (χ4n) is 1.98. The first kappa shape index (κ1) is 14.9. The molecule has 0 bridgehead atoms. The van der Waals surface area contributed by atoms with E-state index in [2.05, 4.69) is 15.9 Å². The quantitative estimate of drug-likeness (QED) is 0.765. The summed E-state index contributed by atoms with van der Waals surface area (Å²) in [5.41, 5.74) is -1.01. The van der Waals surface area contributed by atoms with Gasteiger partial charge in [0.05, 0.1) is 11.2 Å². The molecule has 0 aliphatic carbocycles. The Morgan fingerprint density at radius 3 is 1.89 bits per heavy atom. The molecule has 0 atom stereocenters. The Morgan fingerprint density at radius 2 is 1.47 bits per heavy atom. The summed E-state index contributed by atoms with van der Waals surface area (Å²) in [6.07, 6.45) is 0.0534. The Labute approximate surface area is 120 Å². The molecule has 104 valence electrons. The summed E-state index contributed by atoms with van der Waals surface area (Å²) in [5, 5.41) is 0. The van der Waals surface area contributed by atoms with Crippen LogP contribution in [0.25, 0.3) is 0 Å². The molecular weight excluding hydrogens is 317 g/mol. The lowest BCUT2D eigenvalue weighted by molar-refractivity contribution is 0.00578. The van der Waals surface area contributed by atoms with E-state index in [1.54, 1.807) is 0 Å². The highest BCUT2D eigenvalue weighted by molar-refractivity contribution is 9.10. The van der Waals surface area contributed by atoms with E-state index in [9.17, 15) is 8.78 Å². The molecule has 1 aromatic rings. The van der Waals surface area contributed by atoms with E-state index in [0.29, 0.717) is 4.47 Å². The van der Waals surface area contributed by atoms with Crippen LogP contribution in [-0.4, -0.2) is 18.3 Å². The van der Waals surface area contributed by atoms with Crippen LogP contribution in [0.5, 0.6) is 0 Å². The molecule has 0 aromatic heterocycles. The van der Waals surface area contributed by atoms with E-state index in [-0.39, 0.29) is 11.9 Å². The fraction of sp³-hybridized carbons (Fsp3) is 0.538. The third-order valence-electron chi connectivity index (χ3n) is 3.78. The van der Waals surface area contributed by atoms with Gasteiger partial charge in [0.1, 0.15) is 11.6 Å². The molecule has 2 nitrogen and oxygen atoms in total. The van der Waals surface area contributed by atoms with Gasteiger partial charge < -0.3 is 9.31 Å². The second-order valence-corrected chi connectivity index (χ2v) is 6.65. The Morgan fingerprint density at radius 1 is 1.05 bits per heavy atom. The van der Waals surface area contributed by atoms with Crippen molar-refractivity contribution in [1.82, 2.24) is 0 Å². The first-order valence-corrected chi connectivity index (χ1v) is 6.91. The number of benzene rings is 1. The highest BCUT2D eigenvalue weighted by Crippen LogP contribution is 2.37. The van der Waals surface area contributed by atoms with E-state index in [1.807, 2.05) is 27.7 Å². The maximum Gasteiger partial charge on any atom is 0.462 e. The summed E-state index contributed by atoms with van der Waals surface area (Å²) in [4.78, 5) is 0. The molecule has 0 saturated carbocycles. The van der Waals surface area contributed by atoms with Gasteiger partial charge in [-0.3, -0.25) is 0 Å². The molecular formula is C13H16BBrF2O2. The van der Waals surface area contributed by atoms with Gasteiger partial charge in [-0.25, -0.2) is 8.78 Å². The van der Waals surface area contributed by atoms with Crippen LogP contribution in [0.3, 0.4) is 0 Å². The molecule has 2 rings (SSSR count). The van der Waals surface area contributed by atoms with E-state index in [4.69, 9.17) is 9.31 Å². The molecule has 0 N–H and O–H groups in total. The molecule has 0 spiro atoms. The number of halogens is 3. The molecule has 1 aliphatic rings. The van der Waals surface area contributed by atoms with Crippen LogP contribution in [0.2, 0.25) is 0 Å². The van der Waals surface area contributed by atoms with Gasteiger partial charge in [0.15, 0.2) is 0 Å². The predicted molar refractivity (Wildman–Crippen MR) is 73.8 cm³/mol. The summed E-state index contributed by atoms with van der Waals surface area (Å²) in [7, 11) is -0.643. The Balaban J connectivity index is 2.21. The normalized spacial score (nSPS) is 20.9. The third-order valence-corrected chi connectivity index (χ3v) is 4.24. The number of rotatable bonds is 2. The smallest absolute Gasteiger partial charge is 0.403 e. The average molecular weight is 333 g/mol. The minimum atomic E-state index is -0.643. The van der Waals surface area contributed by atoms with Crippen LogP contribution in [0.1, 0.15) is 33.3 Å². The lowest BCUT2D eigenvalue weighted by Crippen LogP contribution is -2.41. The largest absolute Gasteiger partial charge is 0.462 e. The van der Waals surface area contributed by atoms with E-state index >= 15 is 0 Å². The van der Waals surface area contributed by atoms with Gasteiger partial charge in [-0.15, -0.1) is 0 Å². The maximum atomic E-state index is 13.8. The number of hydrogen-bond acceptors (Lipinski definition) is 2. The molecule has 1 aliphatic heterocycles. The molecule has 1 fully saturated rings. The van der Waals surface area contributed by atoms with Gasteiger partial charge in [-0.05, 0) is 39.8 Å². The number of hydrogen-bond donors (Lipinski definition) is 0. The van der Waals surface area contributed by atoms with E-state index in [1.165, 1.54) is 12.1 Å². The van der Waals surface area contributed by atoms with Crippen molar-refractivity contribution in [3.05, 3.63) is 33.8 Å². The van der Waals surface area contributed by atoms with Crippen LogP contribution < -0.4 is 0 Å². The van der Waals surface area contributed by atoms with Crippen LogP contribution in [0.15, 0.2) is 16.6 Å². The molecule has 1 saturated heterocycles. The van der Waals surface area contributed by atoms with Crippen LogP contribution in [0.4, 0.5) is 8.78 Å². The fourth-order valence-corrected chi connectivity index (χ4v) is 2.38. The molecule has 1 aromatic carbocycles. The molecule has 1 heterocycles. The Bertz CT molecular complexity index is 466. The predicted octanol–water partition coefficient (Wildman–Crippen LogP) is 3.90. The second kappa shape index (κ2) is 4.83. The van der Waals surface area contributed by atoms with Crippen LogP contribution in [-0.2, 0) is 15.6 Å². The van der Waals surface area contributed by atoms with Gasteiger partial charge in [0, 0.05) is 16.4 Å². The molecule has 0 unspecified atom stereocenters. The zero-order chi connectivity index (χ0) is 14.4. The summed E-state index contributed by atoms with van der Waals surface area (Å²) in [6.45, 7) is 7.62. The van der Waals surface area contributed by atoms with Crippen molar-refractivity contribution in [2.45, 2.75) is 45.2 Å². The second-order valence-electron chi connectivity index (χ2n) is 5.74. The Hall–Kier alpha value is -0.455. The lowest BCUT2D eigenvalue weighted by atomic mass is 9.80. The molecule has 0 amide bonds. The highest BCUT2D eigenvalue weighted by atomic mass is 79.9. The van der Waals surface area contributed by atoms with Crippen molar-refractivity contribution in [3.63, 3.8) is 0 Å². The highest BCUT2D eigenvalue weighted by Gasteiger charge is 2.51. The SMILES string of the molecule is CC1(C)OB(Cc2c(F)cc(Br)cc2F)OC1(C)C. The first-order chi connectivity index (χ1) is 8.62. The van der Waals surface area contributed by atoms with Crippen molar-refractivity contribution >= 4 is 23.0 Å². The molecule has 6 heteroatoms. The maximum absolute atomic E-state index is 13.8. The van der Waals surface area contributed by atoms with E-state index < -0.39 is 30.0 Å². The minimum Gasteiger partial charge on any atom is -0.403 e. The standard InChI is InChI=1S/C13H16BBrF2O2/c1-12(2)13(3,4)19-14(18-12)7-9-10(16)5-8(15)6-11(9)17/h5-6H,7H2,1-4H3. The minimum absolute atomic E-state index is 0.0123. The summed E-state index contributed by atoms with van der Waals surface area (Å²) < 4.78 is 39.4. The third kappa shape index (κ3) is 2.85. The first-order valence-electron chi connectivity index (χ1n) is 6.11. The van der Waals surface area contributed by atoms with Crippen LogP contribution in [0, 0.1) is 11.6 Å². The molecule has 0 radical (unpaired) electrons. The van der Waals surface area contributed by atoms with Crippen molar-refractivity contribution in [2.75, 3.05) is 0 Å². The van der Waals surface area contributed by atoms with Crippen molar-refractivity contribution in [3.8, 4) is 0 Å². The topological polar surface area (TPSA) is 18.5 Å². The monoisotopic (exact) mass is 332 g/mol. The van der Waals surface area contributed by atoms with Gasteiger partial charge in [0.25, 0.3) is 0 Å². The molecule has 19 heavy (non-hydrogen) atoms. The van der Waals surface area contributed by atoms with Crippen LogP contribution >= 0.6 is 15.9 Å². The van der Waals surface area contributed by atoms with Crippen molar-refractivity contribution < 1.29 is 18.1 Å². The summed E-state index contributed by atoms with van der Waals surface area (Å²) >= 11 is 3.05. The van der Waals surface area contributed by atoms with Crippen molar-refractivity contribution in [2.24, 2.45) is 0 Å². The zero-order valence-electron chi connectivity index (χ0n) is 11.4. The van der Waals surface area contributed by atoms with Gasteiger partial charge in [0.2, 0.25) is 0 Å². The zero-order valence-corrected chi connectivity index (χ0v) is 13.0.